The van der Waals surface area contributed by atoms with Gasteiger partial charge in [-0.3, -0.25) is 14.4 Å². The molecule has 0 unspecified atom stereocenters. The lowest BCUT2D eigenvalue weighted by atomic mass is 10.0. The zero-order valence-corrected chi connectivity index (χ0v) is 23.4. The van der Waals surface area contributed by atoms with Crippen molar-refractivity contribution < 1.29 is 41.4 Å². The number of carbonyl (C=O) groups excluding carboxylic acids is 3. The van der Waals surface area contributed by atoms with Crippen molar-refractivity contribution in [1.82, 2.24) is 14.8 Å². The van der Waals surface area contributed by atoms with Gasteiger partial charge < -0.3 is 21.3 Å². The van der Waals surface area contributed by atoms with Crippen LogP contribution in [0.4, 0.5) is 11.4 Å². The quantitative estimate of drug-likeness (QED) is 0.221. The molecule has 5 rings (SSSR count). The summed E-state index contributed by atoms with van der Waals surface area (Å²) in [5, 5.41) is 22.8. The standard InChI is InChI=1S/C13H15N3O5S.C11H15N3O4S/c17-11-6-8(5-9-2-4-12(18)14-9)1-3-10(11)16-7-13(19)15-22(16,20)21;12-5-1-2-8-3-4-9(10(15)6-8)14-7-11(16)13-19(14,17)18/h1,3,6,9,17H,2,4-5,7H2,(H,14,18)(H,15,19);3-4,6,15H,1-2,5,7,12H2,(H,13,16)/t9-;/m0./s1. The maximum atomic E-state index is 11.8. The molecule has 0 aromatic heterocycles. The molecule has 3 aliphatic rings. The number of nitrogens with two attached hydrogens (primary N) is 1. The van der Waals surface area contributed by atoms with Crippen LogP contribution in [0.15, 0.2) is 36.4 Å². The summed E-state index contributed by atoms with van der Waals surface area (Å²) in [7, 11) is -7.83. The third kappa shape index (κ3) is 6.98. The van der Waals surface area contributed by atoms with Crippen molar-refractivity contribution in [3.05, 3.63) is 47.5 Å². The van der Waals surface area contributed by atoms with E-state index in [9.17, 15) is 41.4 Å². The minimum Gasteiger partial charge on any atom is -0.506 e. The van der Waals surface area contributed by atoms with Crippen LogP contribution < -0.4 is 29.1 Å². The smallest absolute Gasteiger partial charge is 0.326 e. The van der Waals surface area contributed by atoms with Gasteiger partial charge in [-0.1, -0.05) is 12.1 Å². The highest BCUT2D eigenvalue weighted by Gasteiger charge is 2.36. The maximum Gasteiger partial charge on any atom is 0.326 e. The van der Waals surface area contributed by atoms with E-state index in [-0.39, 0.29) is 47.9 Å². The molecule has 0 saturated carbocycles. The Morgan fingerprint density at radius 2 is 1.32 bits per heavy atom. The highest BCUT2D eigenvalue weighted by molar-refractivity contribution is 7.92. The number of hydrogen-bond donors (Lipinski definition) is 6. The van der Waals surface area contributed by atoms with E-state index in [4.69, 9.17) is 5.73 Å². The SMILES string of the molecule is NCCCc1ccc(N2CC(=O)NS2(=O)=O)c(O)c1.O=C1CC[C@@H](Cc2ccc(N3CC(=O)NS3(=O)=O)c(O)c2)N1. The van der Waals surface area contributed by atoms with Gasteiger partial charge >= 0.3 is 20.4 Å². The molecule has 3 aliphatic heterocycles. The molecule has 41 heavy (non-hydrogen) atoms. The number of benzene rings is 2. The van der Waals surface area contributed by atoms with Crippen LogP contribution in [0.1, 0.15) is 30.4 Å². The predicted octanol–water partition coefficient (Wildman–Crippen LogP) is -1.14. The third-order valence-electron chi connectivity index (χ3n) is 6.49. The van der Waals surface area contributed by atoms with Gasteiger partial charge in [0, 0.05) is 12.5 Å². The van der Waals surface area contributed by atoms with Crippen molar-refractivity contribution in [3.8, 4) is 11.5 Å². The first kappa shape index (κ1) is 29.9. The predicted molar refractivity (Wildman–Crippen MR) is 147 cm³/mol. The Morgan fingerprint density at radius 1 is 0.805 bits per heavy atom. The molecule has 1 atom stereocenters. The average Bonchev–Trinajstić information content (AvgIpc) is 3.50. The summed E-state index contributed by atoms with van der Waals surface area (Å²) >= 11 is 0. The van der Waals surface area contributed by atoms with Crippen molar-refractivity contribution in [2.75, 3.05) is 28.2 Å². The minimum absolute atomic E-state index is 0.0126. The highest BCUT2D eigenvalue weighted by atomic mass is 32.2. The number of phenolic OH excluding ortho intramolecular Hbond substituents is 2. The molecule has 2 aromatic carbocycles. The molecule has 0 aliphatic carbocycles. The van der Waals surface area contributed by atoms with E-state index in [0.29, 0.717) is 25.8 Å². The Balaban J connectivity index is 0.000000191. The molecule has 0 radical (unpaired) electrons. The molecule has 3 heterocycles. The largest absolute Gasteiger partial charge is 0.506 e. The topological polar surface area (TPSA) is 229 Å². The van der Waals surface area contributed by atoms with E-state index in [1.807, 2.05) is 9.44 Å². The highest BCUT2D eigenvalue weighted by Crippen LogP contribution is 2.33. The van der Waals surface area contributed by atoms with Crippen LogP contribution in [0.5, 0.6) is 11.5 Å². The summed E-state index contributed by atoms with van der Waals surface area (Å²) in [6.45, 7) is -0.132. The molecule has 15 nitrogen and oxygen atoms in total. The van der Waals surface area contributed by atoms with Gasteiger partial charge in [-0.05, 0) is 67.6 Å². The van der Waals surface area contributed by atoms with Crippen LogP contribution >= 0.6 is 0 Å². The molecule has 3 fully saturated rings. The summed E-state index contributed by atoms with van der Waals surface area (Å²) in [6.07, 6.45) is 3.27. The molecular formula is C24H30N6O9S2. The Labute approximate surface area is 236 Å². The van der Waals surface area contributed by atoms with Gasteiger partial charge in [0.1, 0.15) is 24.6 Å². The van der Waals surface area contributed by atoms with Crippen molar-refractivity contribution >= 4 is 49.5 Å². The first-order valence-electron chi connectivity index (χ1n) is 12.6. The van der Waals surface area contributed by atoms with E-state index in [0.717, 1.165) is 32.6 Å². The summed E-state index contributed by atoms with van der Waals surface area (Å²) in [5.41, 5.74) is 7.19. The lowest BCUT2D eigenvalue weighted by Gasteiger charge is -2.17. The normalized spacial score (nSPS) is 20.7. The number of rotatable bonds is 7. The van der Waals surface area contributed by atoms with Gasteiger partial charge in [-0.2, -0.15) is 16.8 Å². The van der Waals surface area contributed by atoms with Gasteiger partial charge in [-0.25, -0.2) is 18.1 Å². The summed E-state index contributed by atoms with van der Waals surface area (Å²) in [4.78, 5) is 33.5. The number of phenols is 2. The summed E-state index contributed by atoms with van der Waals surface area (Å²) in [6, 6.07) is 9.30. The van der Waals surface area contributed by atoms with Crippen LogP contribution in [-0.4, -0.2) is 70.4 Å². The van der Waals surface area contributed by atoms with Crippen molar-refractivity contribution in [3.63, 3.8) is 0 Å². The second-order valence-electron chi connectivity index (χ2n) is 9.62. The van der Waals surface area contributed by atoms with Gasteiger partial charge in [0.05, 0.1) is 11.4 Å². The Morgan fingerprint density at radius 3 is 1.73 bits per heavy atom. The van der Waals surface area contributed by atoms with E-state index in [2.05, 4.69) is 5.32 Å². The number of aryl methyl sites for hydroxylation is 1. The fourth-order valence-electron chi connectivity index (χ4n) is 4.59. The van der Waals surface area contributed by atoms with Crippen molar-refractivity contribution in [2.24, 2.45) is 5.73 Å². The number of aromatic hydroxyl groups is 2. The molecular weight excluding hydrogens is 580 g/mol. The van der Waals surface area contributed by atoms with Gasteiger partial charge in [0.15, 0.2) is 0 Å². The monoisotopic (exact) mass is 610 g/mol. The molecule has 222 valence electrons. The minimum atomic E-state index is -3.94. The molecule has 3 amide bonds. The second kappa shape index (κ2) is 11.8. The zero-order valence-electron chi connectivity index (χ0n) is 21.7. The van der Waals surface area contributed by atoms with Crippen LogP contribution in [0.3, 0.4) is 0 Å². The number of nitrogens with zero attached hydrogens (tertiary/aromatic N) is 2. The molecule has 3 saturated heterocycles. The van der Waals surface area contributed by atoms with Gasteiger partial charge in [0.25, 0.3) is 11.8 Å². The Kier molecular flexibility index (Phi) is 8.60. The molecule has 0 spiro atoms. The first-order chi connectivity index (χ1) is 19.3. The number of nitrogens with one attached hydrogen (secondary N) is 3. The third-order valence-corrected chi connectivity index (χ3v) is 9.28. The van der Waals surface area contributed by atoms with Crippen LogP contribution in [-0.2, 0) is 47.6 Å². The van der Waals surface area contributed by atoms with E-state index in [1.165, 1.54) is 24.3 Å². The molecule has 2 aromatic rings. The first-order valence-corrected chi connectivity index (χ1v) is 15.5. The fourth-order valence-corrected chi connectivity index (χ4v) is 6.91. The molecule has 17 heteroatoms. The average molecular weight is 611 g/mol. The number of carbonyl (C=O) groups is 3. The second-order valence-corrected chi connectivity index (χ2v) is 12.8. The lowest BCUT2D eigenvalue weighted by Crippen LogP contribution is -2.29. The molecule has 7 N–H and O–H groups in total. The van der Waals surface area contributed by atoms with Crippen molar-refractivity contribution in [2.45, 2.75) is 38.1 Å². The Bertz CT molecular complexity index is 1580. The number of amides is 3. The van der Waals surface area contributed by atoms with Crippen LogP contribution in [0, 0.1) is 0 Å². The fraction of sp³-hybridized carbons (Fsp3) is 0.375. The van der Waals surface area contributed by atoms with Crippen LogP contribution in [0.2, 0.25) is 0 Å². The van der Waals surface area contributed by atoms with E-state index >= 15 is 0 Å². The van der Waals surface area contributed by atoms with Crippen molar-refractivity contribution in [1.29, 1.82) is 0 Å². The number of hydrogen-bond acceptors (Lipinski definition) is 10. The lowest BCUT2D eigenvalue weighted by molar-refractivity contribution is -0.119. The van der Waals surface area contributed by atoms with Gasteiger partial charge in [-0.15, -0.1) is 0 Å². The van der Waals surface area contributed by atoms with Gasteiger partial charge in [0.2, 0.25) is 5.91 Å². The number of anilines is 2. The zero-order chi connectivity index (χ0) is 29.9. The van der Waals surface area contributed by atoms with E-state index in [1.54, 1.807) is 12.1 Å². The Hall–Kier alpha value is -4.09. The maximum absolute atomic E-state index is 11.8. The van der Waals surface area contributed by atoms with Crippen LogP contribution in [0.25, 0.3) is 0 Å². The van der Waals surface area contributed by atoms with E-state index < -0.39 is 32.2 Å². The summed E-state index contributed by atoms with van der Waals surface area (Å²) < 4.78 is 52.2. The molecule has 0 bridgehead atoms. The summed E-state index contributed by atoms with van der Waals surface area (Å²) in [5.74, 6) is -1.64.